The number of carbonyl (C=O) groups is 4. The van der Waals surface area contributed by atoms with Crippen molar-refractivity contribution < 1.29 is 38.0 Å². The second-order valence-electron chi connectivity index (χ2n) is 18.5. The zero-order chi connectivity index (χ0) is 49.8. The van der Waals surface area contributed by atoms with Gasteiger partial charge < -0.3 is 49.4 Å². The van der Waals surface area contributed by atoms with Gasteiger partial charge in [0.15, 0.2) is 17.3 Å². The fourth-order valence-electron chi connectivity index (χ4n) is 9.96. The van der Waals surface area contributed by atoms with Crippen molar-refractivity contribution in [1.82, 2.24) is 30.0 Å². The number of rotatable bonds is 14. The molecule has 5 aliphatic rings. The van der Waals surface area contributed by atoms with E-state index in [0.29, 0.717) is 77.4 Å². The molecule has 1 atom stereocenters. The molecule has 372 valence electrons. The number of fused-ring (bicyclic) bond motifs is 2. The minimum atomic E-state index is -2.87. The minimum absolute atomic E-state index is 0.194. The minimum Gasteiger partial charge on any atom is -0.494 e. The number of hydrogen-bond donors (Lipinski definition) is 4. The lowest BCUT2D eigenvalue weighted by molar-refractivity contribution is -0.137. The summed E-state index contributed by atoms with van der Waals surface area (Å²) in [5.74, 6) is 7.29. The highest BCUT2D eigenvalue weighted by Crippen LogP contribution is 2.47. The van der Waals surface area contributed by atoms with Crippen molar-refractivity contribution in [1.29, 1.82) is 0 Å². The number of nitrogens with zero attached hydrogens (tertiary/aromatic N) is 6. The van der Waals surface area contributed by atoms with Gasteiger partial charge in [-0.3, -0.25) is 29.4 Å². The van der Waals surface area contributed by atoms with Crippen LogP contribution in [0.3, 0.4) is 0 Å². The standard InChI is InChI=1S/C51H58ClN10O8P/c1-5-44(63)54-38-28-39(56-51-53-30-36(52)48(58-51)55-37-13-15-42-46(70-27-26-69-42)47(37)71(3,4)67)43(68-2)29-41(38)61-20-17-33(18-21-61)60-24-22-59(23-25-60)19-8-6-7-10-32-11-9-12-34-35(32)31-62(50(34)66)40-14-16-45(64)57-49(40)65/h5,9,11-13,15,28-30,33,40H,1,6,8,14,16-27,31H2,2-4H3,(H,54,63)(H,57,64,65)(H2,53,55,56,58). The zero-order valence-corrected chi connectivity index (χ0v) is 41.8. The normalized spacial score (nSPS) is 18.5. The lowest BCUT2D eigenvalue weighted by Crippen LogP contribution is -2.53. The predicted molar refractivity (Wildman–Crippen MR) is 274 cm³/mol. The fraction of sp³-hybridized carbons (Fsp3) is 0.412. The summed E-state index contributed by atoms with van der Waals surface area (Å²) < 4.78 is 31.1. The van der Waals surface area contributed by atoms with E-state index in [1.165, 1.54) is 12.3 Å². The number of piperidine rings is 2. The van der Waals surface area contributed by atoms with Crippen molar-refractivity contribution in [3.63, 3.8) is 0 Å². The van der Waals surface area contributed by atoms with Gasteiger partial charge in [0.2, 0.25) is 23.7 Å². The average Bonchev–Trinajstić information content (AvgIpc) is 3.70. The number of ether oxygens (including phenoxy) is 3. The molecule has 3 saturated heterocycles. The molecule has 0 spiro atoms. The molecule has 1 unspecified atom stereocenters. The third-order valence-corrected chi connectivity index (χ3v) is 15.3. The topological polar surface area (TPSA) is 200 Å². The number of nitrogens with one attached hydrogen (secondary N) is 4. The van der Waals surface area contributed by atoms with E-state index < -0.39 is 19.1 Å². The highest BCUT2D eigenvalue weighted by molar-refractivity contribution is 7.70. The van der Waals surface area contributed by atoms with Crippen LogP contribution in [0.1, 0.15) is 60.0 Å². The van der Waals surface area contributed by atoms with Crippen LogP contribution >= 0.6 is 18.7 Å². The third-order valence-electron chi connectivity index (χ3n) is 13.5. The summed E-state index contributed by atoms with van der Waals surface area (Å²) in [7, 11) is -1.29. The van der Waals surface area contributed by atoms with Crippen molar-refractivity contribution in [3.05, 3.63) is 83.0 Å². The van der Waals surface area contributed by atoms with Gasteiger partial charge in [-0.15, -0.1) is 0 Å². The molecule has 5 aliphatic heterocycles. The van der Waals surface area contributed by atoms with Gasteiger partial charge in [0.05, 0.1) is 41.4 Å². The Morgan fingerprint density at radius 2 is 1.79 bits per heavy atom. The van der Waals surface area contributed by atoms with E-state index >= 15 is 0 Å². The number of halogens is 1. The maximum atomic E-state index is 13.5. The molecule has 6 heterocycles. The lowest BCUT2D eigenvalue weighted by Gasteiger charge is -2.43. The van der Waals surface area contributed by atoms with Crippen molar-refractivity contribution >= 4 is 82.2 Å². The Morgan fingerprint density at radius 3 is 2.54 bits per heavy atom. The number of unbranched alkanes of at least 4 members (excludes halogenated alkanes) is 1. The Morgan fingerprint density at radius 1 is 1.00 bits per heavy atom. The molecule has 0 saturated carbocycles. The molecule has 4 N–H and O–H groups in total. The first-order chi connectivity index (χ1) is 34.3. The zero-order valence-electron chi connectivity index (χ0n) is 40.1. The van der Waals surface area contributed by atoms with Crippen molar-refractivity contribution in [2.75, 3.05) is 100 Å². The number of hydrogen-bond acceptors (Lipinski definition) is 15. The van der Waals surface area contributed by atoms with Crippen LogP contribution in [-0.4, -0.2) is 140 Å². The van der Waals surface area contributed by atoms with Crippen molar-refractivity contribution in [2.45, 2.75) is 57.2 Å². The van der Waals surface area contributed by atoms with Crippen LogP contribution in [0.15, 0.2) is 61.3 Å². The van der Waals surface area contributed by atoms with Crippen LogP contribution in [0.2, 0.25) is 5.02 Å². The Bertz CT molecular complexity index is 2870. The van der Waals surface area contributed by atoms with Gasteiger partial charge in [-0.1, -0.05) is 36.1 Å². The molecule has 20 heteroatoms. The van der Waals surface area contributed by atoms with Crippen LogP contribution in [0.4, 0.5) is 34.5 Å². The van der Waals surface area contributed by atoms with Gasteiger partial charge in [-0.2, -0.15) is 4.98 Å². The second-order valence-corrected chi connectivity index (χ2v) is 22.0. The Balaban J connectivity index is 0.789. The predicted octanol–water partition coefficient (Wildman–Crippen LogP) is 5.95. The molecule has 0 radical (unpaired) electrons. The Labute approximate surface area is 418 Å². The molecule has 1 aromatic heterocycles. The molecule has 18 nitrogen and oxygen atoms in total. The summed E-state index contributed by atoms with van der Waals surface area (Å²) in [6.45, 7) is 14.5. The monoisotopic (exact) mass is 1000 g/mol. The SMILES string of the molecule is C=CC(=O)Nc1cc(Nc2ncc(Cl)c(Nc3ccc4c(c3P(C)(C)=O)OCCO4)n2)c(OC)cc1N1CCC(N2CCN(CCCC#Cc3cccc4c3CN(C3CCC(=O)NC3=O)C4=O)CC2)CC1. The van der Waals surface area contributed by atoms with Gasteiger partial charge >= 0.3 is 0 Å². The first-order valence-corrected chi connectivity index (χ1v) is 26.9. The molecule has 3 aromatic carbocycles. The van der Waals surface area contributed by atoms with Crippen LogP contribution < -0.4 is 45.7 Å². The number of carbonyl (C=O) groups excluding carboxylic acids is 4. The summed E-state index contributed by atoms with van der Waals surface area (Å²) in [6.07, 6.45) is 6.81. The smallest absolute Gasteiger partial charge is 0.255 e. The molecular weight excluding hydrogens is 947 g/mol. The van der Waals surface area contributed by atoms with Gasteiger partial charge in [0.25, 0.3) is 5.91 Å². The number of aromatic nitrogens is 2. The summed E-state index contributed by atoms with van der Waals surface area (Å²) in [6, 6.07) is 12.6. The van der Waals surface area contributed by atoms with Crippen molar-refractivity contribution in [2.24, 2.45) is 0 Å². The fourth-order valence-corrected chi connectivity index (χ4v) is 11.5. The van der Waals surface area contributed by atoms with E-state index in [1.807, 2.05) is 18.2 Å². The Kier molecular flexibility index (Phi) is 14.9. The molecule has 4 amide bonds. The van der Waals surface area contributed by atoms with E-state index in [9.17, 15) is 23.7 Å². The van der Waals surface area contributed by atoms with E-state index in [-0.39, 0.29) is 40.9 Å². The van der Waals surface area contributed by atoms with Crippen LogP contribution in [-0.2, 0) is 25.5 Å². The maximum absolute atomic E-state index is 13.5. The molecule has 71 heavy (non-hydrogen) atoms. The molecular formula is C51H58ClN10O8P. The highest BCUT2D eigenvalue weighted by atomic mass is 35.5. The highest BCUT2D eigenvalue weighted by Gasteiger charge is 2.40. The van der Waals surface area contributed by atoms with Gasteiger partial charge in [0.1, 0.15) is 37.2 Å². The van der Waals surface area contributed by atoms with Crippen LogP contribution in [0.5, 0.6) is 17.2 Å². The van der Waals surface area contributed by atoms with E-state index in [2.05, 4.69) is 64.4 Å². The van der Waals surface area contributed by atoms with Gasteiger partial charge in [0, 0.05) is 81.9 Å². The van der Waals surface area contributed by atoms with Gasteiger partial charge in [-0.25, -0.2) is 4.98 Å². The van der Waals surface area contributed by atoms with E-state index in [1.54, 1.807) is 49.6 Å². The number of benzene rings is 3. The van der Waals surface area contributed by atoms with Gasteiger partial charge in [-0.05, 0) is 87.5 Å². The summed E-state index contributed by atoms with van der Waals surface area (Å²) >= 11 is 6.62. The molecule has 9 rings (SSSR count). The largest absolute Gasteiger partial charge is 0.494 e. The average molecular weight is 1010 g/mol. The lowest BCUT2D eigenvalue weighted by atomic mass is 10.0. The van der Waals surface area contributed by atoms with Crippen molar-refractivity contribution in [3.8, 4) is 29.1 Å². The molecule has 0 bridgehead atoms. The number of methoxy groups -OCH3 is 1. The van der Waals surface area contributed by atoms with Crippen LogP contribution in [0, 0.1) is 11.8 Å². The quantitative estimate of drug-likeness (QED) is 0.0380. The number of amides is 4. The number of imide groups is 1. The number of anilines is 6. The molecule has 3 fully saturated rings. The number of piperazine rings is 1. The van der Waals surface area contributed by atoms with E-state index in [4.69, 9.17) is 25.8 Å². The summed E-state index contributed by atoms with van der Waals surface area (Å²) in [5, 5.41) is 12.6. The molecule has 0 aliphatic carbocycles. The second kappa shape index (κ2) is 21.4. The first-order valence-electron chi connectivity index (χ1n) is 23.9. The Hall–Kier alpha value is -6.64. The summed E-state index contributed by atoms with van der Waals surface area (Å²) in [4.78, 5) is 68.3. The third kappa shape index (κ3) is 11.0. The maximum Gasteiger partial charge on any atom is 0.255 e. The first kappa shape index (κ1) is 49.3. The van der Waals surface area contributed by atoms with Crippen LogP contribution in [0.25, 0.3) is 0 Å². The van der Waals surface area contributed by atoms with E-state index in [0.717, 1.165) is 88.3 Å². The molecule has 4 aromatic rings. The summed E-state index contributed by atoms with van der Waals surface area (Å²) in [5.41, 5.74) is 4.64.